The standard InChI is InChI=1S/C24H42N2O4/c27-23(19-29-17-21-7-3-1-4-8-21)15-25-11-13-26(14-12-25)16-24(28)20-30-18-22-9-5-2-6-10-22/h1-3,5,21-24,27-28H,4,6-20H2/p+2/t21-,22+,23-,24-/m0/s1. The van der Waals surface area contributed by atoms with Gasteiger partial charge in [-0.15, -0.1) is 0 Å². The van der Waals surface area contributed by atoms with Crippen LogP contribution < -0.4 is 9.80 Å². The van der Waals surface area contributed by atoms with Gasteiger partial charge in [0.1, 0.15) is 51.5 Å². The van der Waals surface area contributed by atoms with Gasteiger partial charge in [0.25, 0.3) is 0 Å². The third-order valence-corrected chi connectivity index (χ3v) is 6.80. The normalized spacial score (nSPS) is 31.5. The molecule has 0 aromatic rings. The van der Waals surface area contributed by atoms with Gasteiger partial charge in [-0.3, -0.25) is 0 Å². The minimum atomic E-state index is -0.380. The molecule has 6 nitrogen and oxygen atoms in total. The predicted molar refractivity (Wildman–Crippen MR) is 118 cm³/mol. The molecule has 1 aliphatic heterocycles. The monoisotopic (exact) mass is 424 g/mol. The molecule has 30 heavy (non-hydrogen) atoms. The molecule has 0 unspecified atom stereocenters. The van der Waals surface area contributed by atoms with E-state index in [1.807, 2.05) is 0 Å². The lowest BCUT2D eigenvalue weighted by Gasteiger charge is -2.31. The molecule has 1 fully saturated rings. The van der Waals surface area contributed by atoms with Crippen LogP contribution in [0.5, 0.6) is 0 Å². The van der Waals surface area contributed by atoms with Crippen LogP contribution >= 0.6 is 0 Å². The van der Waals surface area contributed by atoms with E-state index in [1.54, 1.807) is 0 Å². The molecule has 4 atom stereocenters. The first kappa shape index (κ1) is 23.9. The summed E-state index contributed by atoms with van der Waals surface area (Å²) in [7, 11) is 0. The Bertz CT molecular complexity index is 473. The minimum Gasteiger partial charge on any atom is -0.385 e. The van der Waals surface area contributed by atoms with Crippen molar-refractivity contribution >= 4 is 0 Å². The highest BCUT2D eigenvalue weighted by Gasteiger charge is 2.27. The molecule has 2 aliphatic carbocycles. The van der Waals surface area contributed by atoms with Crippen LogP contribution in [0.4, 0.5) is 0 Å². The molecule has 0 saturated carbocycles. The number of aliphatic hydroxyl groups is 2. The van der Waals surface area contributed by atoms with E-state index in [-0.39, 0.29) is 12.2 Å². The first-order valence-electron chi connectivity index (χ1n) is 12.2. The Morgan fingerprint density at radius 3 is 1.50 bits per heavy atom. The lowest BCUT2D eigenvalue weighted by Crippen LogP contribution is -3.28. The average molecular weight is 425 g/mol. The van der Waals surface area contributed by atoms with Gasteiger partial charge in [-0.2, -0.15) is 0 Å². The zero-order chi connectivity index (χ0) is 21.0. The Labute approximate surface area is 182 Å². The predicted octanol–water partition coefficient (Wildman–Crippen LogP) is -0.763. The summed E-state index contributed by atoms with van der Waals surface area (Å²) in [4.78, 5) is 2.90. The number of allylic oxidation sites excluding steroid dienone is 4. The summed E-state index contributed by atoms with van der Waals surface area (Å²) >= 11 is 0. The third kappa shape index (κ3) is 9.16. The summed E-state index contributed by atoms with van der Waals surface area (Å²) in [6.45, 7) is 8.14. The molecule has 6 heteroatoms. The molecule has 0 bridgehead atoms. The number of aliphatic hydroxyl groups excluding tert-OH is 2. The van der Waals surface area contributed by atoms with Gasteiger partial charge < -0.3 is 29.5 Å². The van der Waals surface area contributed by atoms with Crippen LogP contribution in [0.1, 0.15) is 38.5 Å². The number of piperazine rings is 1. The fraction of sp³-hybridized carbons (Fsp3) is 0.833. The molecular weight excluding hydrogens is 380 g/mol. The van der Waals surface area contributed by atoms with Gasteiger partial charge >= 0.3 is 0 Å². The van der Waals surface area contributed by atoms with Gasteiger partial charge in [0.2, 0.25) is 0 Å². The second-order valence-corrected chi connectivity index (χ2v) is 9.59. The van der Waals surface area contributed by atoms with Crippen molar-refractivity contribution in [3.05, 3.63) is 24.3 Å². The maximum absolute atomic E-state index is 10.3. The van der Waals surface area contributed by atoms with Crippen molar-refractivity contribution in [2.24, 2.45) is 11.8 Å². The average Bonchev–Trinajstić information content (AvgIpc) is 2.77. The van der Waals surface area contributed by atoms with E-state index in [0.29, 0.717) is 25.0 Å². The van der Waals surface area contributed by atoms with E-state index in [9.17, 15) is 10.2 Å². The molecule has 3 rings (SSSR count). The lowest BCUT2D eigenvalue weighted by atomic mass is 9.95. The maximum atomic E-state index is 10.3. The minimum absolute atomic E-state index is 0.380. The number of nitrogens with one attached hydrogen (secondary N) is 2. The summed E-state index contributed by atoms with van der Waals surface area (Å²) in [6.07, 6.45) is 15.2. The van der Waals surface area contributed by atoms with E-state index in [1.165, 1.54) is 22.6 Å². The quantitative estimate of drug-likeness (QED) is 0.311. The molecule has 4 N–H and O–H groups in total. The Balaban J connectivity index is 1.20. The first-order chi connectivity index (χ1) is 14.7. The van der Waals surface area contributed by atoms with Crippen LogP contribution in [-0.2, 0) is 9.47 Å². The zero-order valence-electron chi connectivity index (χ0n) is 18.6. The van der Waals surface area contributed by atoms with Gasteiger partial charge in [0, 0.05) is 13.2 Å². The second-order valence-electron chi connectivity index (χ2n) is 9.59. The highest BCUT2D eigenvalue weighted by molar-refractivity contribution is 4.90. The Kier molecular flexibility index (Phi) is 10.8. The number of quaternary nitrogens is 2. The summed E-state index contributed by atoms with van der Waals surface area (Å²) in [5, 5.41) is 20.6. The van der Waals surface area contributed by atoms with Crippen molar-refractivity contribution in [1.82, 2.24) is 0 Å². The molecule has 172 valence electrons. The topological polar surface area (TPSA) is 67.8 Å². The molecule has 3 aliphatic rings. The van der Waals surface area contributed by atoms with Crippen molar-refractivity contribution in [1.29, 1.82) is 0 Å². The summed E-state index contributed by atoms with van der Waals surface area (Å²) in [6, 6.07) is 0. The molecule has 0 amide bonds. The van der Waals surface area contributed by atoms with Gasteiger partial charge in [-0.25, -0.2) is 0 Å². The highest BCUT2D eigenvalue weighted by atomic mass is 16.5. The lowest BCUT2D eigenvalue weighted by molar-refractivity contribution is -1.01. The molecule has 0 aromatic heterocycles. The fourth-order valence-electron chi connectivity index (χ4n) is 4.91. The van der Waals surface area contributed by atoms with Crippen LogP contribution in [0.3, 0.4) is 0 Å². The SMILES string of the molecule is O[C@H](COC[C@@H]1CC=CCC1)C[NH+]1CC[NH+](C[C@H](O)COC[C@H]2CC=CCC2)CC1. The molecule has 0 aromatic carbocycles. The van der Waals surface area contributed by atoms with Crippen molar-refractivity contribution in [3.8, 4) is 0 Å². The van der Waals surface area contributed by atoms with Crippen LogP contribution in [0.2, 0.25) is 0 Å². The largest absolute Gasteiger partial charge is 0.385 e. The molecule has 1 heterocycles. The van der Waals surface area contributed by atoms with Crippen LogP contribution in [0.15, 0.2) is 24.3 Å². The Morgan fingerprint density at radius 1 is 0.700 bits per heavy atom. The maximum Gasteiger partial charge on any atom is 0.127 e. The number of hydrogen-bond donors (Lipinski definition) is 4. The van der Waals surface area contributed by atoms with Gasteiger partial charge in [0.15, 0.2) is 0 Å². The molecule has 0 spiro atoms. The summed E-state index contributed by atoms with van der Waals surface area (Å²) in [5.41, 5.74) is 0. The Hall–Kier alpha value is -0.760. The zero-order valence-corrected chi connectivity index (χ0v) is 18.6. The van der Waals surface area contributed by atoms with Crippen molar-refractivity contribution in [2.45, 2.75) is 50.7 Å². The summed E-state index contributed by atoms with van der Waals surface area (Å²) in [5.74, 6) is 1.24. The molecule has 1 saturated heterocycles. The molecule has 0 radical (unpaired) electrons. The van der Waals surface area contributed by atoms with Crippen molar-refractivity contribution in [3.63, 3.8) is 0 Å². The Morgan fingerprint density at radius 2 is 1.13 bits per heavy atom. The number of hydrogen-bond acceptors (Lipinski definition) is 4. The van der Waals surface area contributed by atoms with Crippen LogP contribution in [0, 0.1) is 11.8 Å². The molecular formula is C24H44N2O4+2. The van der Waals surface area contributed by atoms with Gasteiger partial charge in [0.05, 0.1) is 13.2 Å². The second kappa shape index (κ2) is 13.6. The van der Waals surface area contributed by atoms with E-state index < -0.39 is 0 Å². The van der Waals surface area contributed by atoms with Crippen molar-refractivity contribution < 1.29 is 29.5 Å². The van der Waals surface area contributed by atoms with E-state index in [4.69, 9.17) is 9.47 Å². The first-order valence-corrected chi connectivity index (χ1v) is 12.2. The van der Waals surface area contributed by atoms with Crippen LogP contribution in [-0.4, -0.2) is 88.1 Å². The number of rotatable bonds is 12. The van der Waals surface area contributed by atoms with Gasteiger partial charge in [-0.1, -0.05) is 24.3 Å². The summed E-state index contributed by atoms with van der Waals surface area (Å²) < 4.78 is 11.6. The van der Waals surface area contributed by atoms with Crippen molar-refractivity contribution in [2.75, 3.05) is 65.7 Å². The number of ether oxygens (including phenoxy) is 2. The van der Waals surface area contributed by atoms with E-state index in [0.717, 1.165) is 78.2 Å². The van der Waals surface area contributed by atoms with E-state index >= 15 is 0 Å². The third-order valence-electron chi connectivity index (χ3n) is 6.80. The fourth-order valence-corrected chi connectivity index (χ4v) is 4.91. The van der Waals surface area contributed by atoms with Gasteiger partial charge in [-0.05, 0) is 50.4 Å². The van der Waals surface area contributed by atoms with Crippen LogP contribution in [0.25, 0.3) is 0 Å². The smallest absolute Gasteiger partial charge is 0.127 e. The van der Waals surface area contributed by atoms with E-state index in [2.05, 4.69) is 24.3 Å². The highest BCUT2D eigenvalue weighted by Crippen LogP contribution is 2.18.